The molecule has 1 fully saturated rings. The van der Waals surface area contributed by atoms with Gasteiger partial charge in [-0.25, -0.2) is 0 Å². The Bertz CT molecular complexity index is 536. The van der Waals surface area contributed by atoms with E-state index in [1.54, 1.807) is 0 Å². The summed E-state index contributed by atoms with van der Waals surface area (Å²) < 4.78 is 11.4. The summed E-state index contributed by atoms with van der Waals surface area (Å²) in [6.07, 6.45) is 1.67. The van der Waals surface area contributed by atoms with Crippen molar-refractivity contribution in [3.63, 3.8) is 0 Å². The van der Waals surface area contributed by atoms with Crippen molar-refractivity contribution in [3.8, 4) is 0 Å². The van der Waals surface area contributed by atoms with Crippen LogP contribution in [-0.2, 0) is 20.7 Å². The van der Waals surface area contributed by atoms with Crippen LogP contribution in [0.15, 0.2) is 24.3 Å². The SMILES string of the molecule is CC(C)C[C@@H]1[C@@H](Cc2ccc(Cl)cc2)COC[C@H](N)C(=O)O[C@H]1C.Cl. The van der Waals surface area contributed by atoms with E-state index in [0.717, 1.165) is 17.9 Å². The van der Waals surface area contributed by atoms with Crippen molar-refractivity contribution in [2.75, 3.05) is 13.2 Å². The van der Waals surface area contributed by atoms with Gasteiger partial charge in [0, 0.05) is 10.9 Å². The smallest absolute Gasteiger partial charge is 0.325 e. The number of esters is 1. The van der Waals surface area contributed by atoms with Gasteiger partial charge in [-0.3, -0.25) is 4.79 Å². The van der Waals surface area contributed by atoms with Gasteiger partial charge in [-0.15, -0.1) is 12.4 Å². The van der Waals surface area contributed by atoms with Crippen molar-refractivity contribution in [1.82, 2.24) is 0 Å². The molecule has 0 bridgehead atoms. The lowest BCUT2D eigenvalue weighted by molar-refractivity contribution is -0.153. The van der Waals surface area contributed by atoms with E-state index in [4.69, 9.17) is 26.8 Å². The minimum absolute atomic E-state index is 0. The Morgan fingerprint density at radius 2 is 1.88 bits per heavy atom. The summed E-state index contributed by atoms with van der Waals surface area (Å²) in [5.41, 5.74) is 7.04. The van der Waals surface area contributed by atoms with E-state index < -0.39 is 6.04 Å². The van der Waals surface area contributed by atoms with Crippen LogP contribution in [0.3, 0.4) is 0 Å². The maximum absolute atomic E-state index is 12.0. The largest absolute Gasteiger partial charge is 0.461 e. The summed E-state index contributed by atoms with van der Waals surface area (Å²) in [6.45, 7) is 7.13. The topological polar surface area (TPSA) is 61.5 Å². The zero-order valence-electron chi connectivity index (χ0n) is 15.1. The molecule has 2 N–H and O–H groups in total. The molecular formula is C19H29Cl2NO3. The quantitative estimate of drug-likeness (QED) is 0.793. The molecule has 0 amide bonds. The monoisotopic (exact) mass is 389 g/mol. The Balaban J connectivity index is 0.00000312. The molecular weight excluding hydrogens is 361 g/mol. The van der Waals surface area contributed by atoms with E-state index in [-0.39, 0.29) is 42.9 Å². The highest BCUT2D eigenvalue weighted by Crippen LogP contribution is 2.30. The highest BCUT2D eigenvalue weighted by Gasteiger charge is 2.33. The average Bonchev–Trinajstić information content (AvgIpc) is 2.56. The minimum atomic E-state index is -0.707. The third-order valence-corrected chi connectivity index (χ3v) is 4.85. The van der Waals surface area contributed by atoms with Gasteiger partial charge in [0.25, 0.3) is 0 Å². The fourth-order valence-electron chi connectivity index (χ4n) is 3.34. The molecule has 2 rings (SSSR count). The number of cyclic esters (lactones) is 1. The first-order chi connectivity index (χ1) is 11.4. The van der Waals surface area contributed by atoms with Crippen molar-refractivity contribution in [2.24, 2.45) is 23.5 Å². The Kier molecular flexibility index (Phi) is 9.22. The van der Waals surface area contributed by atoms with Crippen LogP contribution in [0.2, 0.25) is 5.02 Å². The van der Waals surface area contributed by atoms with Gasteiger partial charge < -0.3 is 15.2 Å². The first kappa shape index (κ1) is 22.2. The molecule has 0 radical (unpaired) electrons. The zero-order valence-corrected chi connectivity index (χ0v) is 16.7. The number of rotatable bonds is 4. The second kappa shape index (κ2) is 10.4. The zero-order chi connectivity index (χ0) is 17.7. The molecule has 25 heavy (non-hydrogen) atoms. The highest BCUT2D eigenvalue weighted by atomic mass is 35.5. The molecule has 0 unspecified atom stereocenters. The normalized spacial score (nSPS) is 27.7. The van der Waals surface area contributed by atoms with E-state index in [2.05, 4.69) is 13.8 Å². The Hall–Kier alpha value is -0.810. The molecule has 1 aliphatic heterocycles. The van der Waals surface area contributed by atoms with E-state index in [0.29, 0.717) is 12.5 Å². The van der Waals surface area contributed by atoms with Crippen molar-refractivity contribution < 1.29 is 14.3 Å². The summed E-state index contributed by atoms with van der Waals surface area (Å²) in [5.74, 6) is 0.637. The maximum Gasteiger partial charge on any atom is 0.325 e. The van der Waals surface area contributed by atoms with Gasteiger partial charge in [-0.05, 0) is 49.3 Å². The van der Waals surface area contributed by atoms with Crippen LogP contribution in [0.1, 0.15) is 32.8 Å². The van der Waals surface area contributed by atoms with E-state index in [9.17, 15) is 4.79 Å². The molecule has 0 spiro atoms. The molecule has 1 aromatic carbocycles. The van der Waals surface area contributed by atoms with Crippen molar-refractivity contribution in [1.29, 1.82) is 0 Å². The summed E-state index contributed by atoms with van der Waals surface area (Å²) in [4.78, 5) is 12.0. The Morgan fingerprint density at radius 3 is 2.48 bits per heavy atom. The van der Waals surface area contributed by atoms with Crippen LogP contribution >= 0.6 is 24.0 Å². The average molecular weight is 390 g/mol. The minimum Gasteiger partial charge on any atom is -0.461 e. The van der Waals surface area contributed by atoms with Gasteiger partial charge in [0.1, 0.15) is 12.1 Å². The van der Waals surface area contributed by atoms with Gasteiger partial charge in [0.15, 0.2) is 0 Å². The molecule has 1 heterocycles. The van der Waals surface area contributed by atoms with Gasteiger partial charge in [-0.1, -0.05) is 37.6 Å². The number of ether oxygens (including phenoxy) is 2. The summed E-state index contributed by atoms with van der Waals surface area (Å²) >= 11 is 5.98. The first-order valence-corrected chi connectivity index (χ1v) is 9.03. The van der Waals surface area contributed by atoms with E-state index in [1.807, 2.05) is 31.2 Å². The predicted octanol–water partition coefficient (Wildman–Crippen LogP) is 3.87. The predicted molar refractivity (Wildman–Crippen MR) is 103 cm³/mol. The van der Waals surface area contributed by atoms with Gasteiger partial charge in [0.05, 0.1) is 13.2 Å². The number of hydrogen-bond acceptors (Lipinski definition) is 4. The Morgan fingerprint density at radius 1 is 1.24 bits per heavy atom. The number of carbonyl (C=O) groups is 1. The lowest BCUT2D eigenvalue weighted by Crippen LogP contribution is -2.38. The Labute approximate surface area is 161 Å². The summed E-state index contributed by atoms with van der Waals surface area (Å²) in [6, 6.07) is 7.20. The number of carbonyl (C=O) groups excluding carboxylic acids is 1. The molecule has 0 aliphatic carbocycles. The molecule has 4 atom stereocenters. The molecule has 0 aromatic heterocycles. The van der Waals surface area contributed by atoms with Gasteiger partial charge in [-0.2, -0.15) is 0 Å². The number of nitrogens with two attached hydrogens (primary N) is 1. The van der Waals surface area contributed by atoms with Crippen LogP contribution in [0.25, 0.3) is 0 Å². The molecule has 142 valence electrons. The van der Waals surface area contributed by atoms with Crippen LogP contribution < -0.4 is 5.73 Å². The molecule has 4 nitrogen and oxygen atoms in total. The second-order valence-electron chi connectivity index (χ2n) is 7.17. The van der Waals surface area contributed by atoms with E-state index >= 15 is 0 Å². The standard InChI is InChI=1S/C19H28ClNO3.ClH/c1-12(2)8-17-13(3)24-19(22)18(21)11-23-10-15(17)9-14-4-6-16(20)7-5-14;/h4-7,12-13,15,17-18H,8-11,21H2,1-3H3;1H/t13-,15-,17-,18-;/m0./s1. The first-order valence-electron chi connectivity index (χ1n) is 8.65. The second-order valence-corrected chi connectivity index (χ2v) is 7.61. The van der Waals surface area contributed by atoms with Gasteiger partial charge in [0.2, 0.25) is 0 Å². The van der Waals surface area contributed by atoms with Gasteiger partial charge >= 0.3 is 5.97 Å². The van der Waals surface area contributed by atoms with Crippen LogP contribution in [0.5, 0.6) is 0 Å². The number of halogens is 2. The van der Waals surface area contributed by atoms with Crippen LogP contribution in [0, 0.1) is 17.8 Å². The summed E-state index contributed by atoms with van der Waals surface area (Å²) in [7, 11) is 0. The van der Waals surface area contributed by atoms with Crippen molar-refractivity contribution >= 4 is 30.0 Å². The van der Waals surface area contributed by atoms with E-state index in [1.165, 1.54) is 5.56 Å². The fourth-order valence-corrected chi connectivity index (χ4v) is 3.47. The molecule has 1 saturated heterocycles. The molecule has 1 aliphatic rings. The van der Waals surface area contributed by atoms with Crippen LogP contribution in [0.4, 0.5) is 0 Å². The third kappa shape index (κ3) is 6.78. The molecule has 6 heteroatoms. The molecule has 1 aromatic rings. The lowest BCUT2D eigenvalue weighted by atomic mass is 9.79. The number of benzene rings is 1. The summed E-state index contributed by atoms with van der Waals surface area (Å²) in [5, 5.41) is 0.733. The number of hydrogen-bond donors (Lipinski definition) is 1. The lowest BCUT2D eigenvalue weighted by Gasteiger charge is -2.32. The van der Waals surface area contributed by atoms with Crippen molar-refractivity contribution in [2.45, 2.75) is 45.8 Å². The molecule has 0 saturated carbocycles. The highest BCUT2D eigenvalue weighted by molar-refractivity contribution is 6.30. The fraction of sp³-hybridized carbons (Fsp3) is 0.632. The van der Waals surface area contributed by atoms with Crippen molar-refractivity contribution in [3.05, 3.63) is 34.9 Å². The maximum atomic E-state index is 12.0. The van der Waals surface area contributed by atoms with Crippen LogP contribution in [-0.4, -0.2) is 31.3 Å². The third-order valence-electron chi connectivity index (χ3n) is 4.60.